The van der Waals surface area contributed by atoms with Crippen LogP contribution in [0.5, 0.6) is 0 Å². The van der Waals surface area contributed by atoms with Crippen LogP contribution in [0.15, 0.2) is 81.2 Å². The van der Waals surface area contributed by atoms with Crippen LogP contribution >= 0.6 is 0 Å². The normalized spacial score (nSPS) is 18.9. The number of halogens is 2. The lowest BCUT2D eigenvalue weighted by Gasteiger charge is -2.35. The van der Waals surface area contributed by atoms with Gasteiger partial charge < -0.3 is 14.6 Å². The van der Waals surface area contributed by atoms with E-state index in [0.29, 0.717) is 81.3 Å². The fourth-order valence-electron chi connectivity index (χ4n) is 9.41. The van der Waals surface area contributed by atoms with Crippen molar-refractivity contribution in [3.05, 3.63) is 139 Å². The molecule has 2 saturated carbocycles. The van der Waals surface area contributed by atoms with Crippen molar-refractivity contribution in [2.75, 3.05) is 13.2 Å². The van der Waals surface area contributed by atoms with E-state index in [9.17, 15) is 18.8 Å². The van der Waals surface area contributed by atoms with E-state index in [2.05, 4.69) is 57.7 Å². The van der Waals surface area contributed by atoms with E-state index in [4.69, 9.17) is 9.84 Å². The average molecular weight is 943 g/mol. The molecule has 362 valence electrons. The molecule has 4 aliphatic rings. The van der Waals surface area contributed by atoms with Crippen LogP contribution in [0, 0.1) is 31.4 Å². The highest BCUT2D eigenvalue weighted by Crippen LogP contribution is 2.45. The number of aryl methyl sites for hydroxylation is 3. The van der Waals surface area contributed by atoms with Crippen LogP contribution in [0.4, 0.5) is 8.78 Å². The first-order valence-corrected chi connectivity index (χ1v) is 24.0. The molecule has 2 aliphatic carbocycles. The Morgan fingerprint density at radius 1 is 0.928 bits per heavy atom. The molecular formula is C52H60F2N10O5. The fraction of sp³-hybridized carbons (Fsp3) is 0.423. The zero-order chi connectivity index (χ0) is 48.9. The molecule has 5 aromatic heterocycles. The molecule has 3 aromatic carbocycles. The van der Waals surface area contributed by atoms with Crippen LogP contribution in [-0.4, -0.2) is 73.4 Å². The van der Waals surface area contributed by atoms with Gasteiger partial charge in [0, 0.05) is 61.4 Å². The minimum atomic E-state index is -0.570. The molecule has 0 radical (unpaired) electrons. The number of H-pyrrole nitrogens is 2. The second kappa shape index (κ2) is 18.9. The van der Waals surface area contributed by atoms with Gasteiger partial charge in [-0.3, -0.25) is 28.1 Å². The number of nitrogens with one attached hydrogen (secondary N) is 2. The van der Waals surface area contributed by atoms with Gasteiger partial charge in [0.2, 0.25) is 0 Å². The van der Waals surface area contributed by atoms with Gasteiger partial charge in [-0.05, 0) is 118 Å². The number of aromatic amines is 2. The van der Waals surface area contributed by atoms with E-state index in [-0.39, 0.29) is 29.6 Å². The zero-order valence-corrected chi connectivity index (χ0v) is 40.5. The Morgan fingerprint density at radius 2 is 1.65 bits per heavy atom. The number of hydrogen-bond acceptors (Lipinski definition) is 8. The number of imidazole rings is 1. The Morgan fingerprint density at radius 3 is 2.32 bits per heavy atom. The molecule has 1 saturated heterocycles. The topological polar surface area (TPSA) is 167 Å². The number of nitrogens with zero attached hydrogens (tertiary/aromatic N) is 8. The second-order valence-corrected chi connectivity index (χ2v) is 19.1. The number of carbonyl (C=O) groups excluding carboxylic acids is 1. The summed E-state index contributed by atoms with van der Waals surface area (Å²) < 4.78 is 46.8. The number of amides is 1. The van der Waals surface area contributed by atoms with E-state index in [1.54, 1.807) is 65.6 Å². The lowest BCUT2D eigenvalue weighted by atomic mass is 9.83. The van der Waals surface area contributed by atoms with E-state index in [0.717, 1.165) is 42.5 Å². The molecule has 12 rings (SSSR count). The van der Waals surface area contributed by atoms with Gasteiger partial charge in [-0.25, -0.2) is 23.1 Å². The van der Waals surface area contributed by atoms with Crippen molar-refractivity contribution >= 4 is 27.7 Å². The minimum Gasteiger partial charge on any atom is -0.376 e. The zero-order valence-electron chi connectivity index (χ0n) is 40.5. The van der Waals surface area contributed by atoms with Crippen molar-refractivity contribution < 1.29 is 22.8 Å². The molecule has 69 heavy (non-hydrogen) atoms. The smallest absolute Gasteiger partial charge is 0.376 e. The lowest BCUT2D eigenvalue weighted by Crippen LogP contribution is -2.36. The summed E-state index contributed by atoms with van der Waals surface area (Å²) in [7, 11) is 1.73. The van der Waals surface area contributed by atoms with Gasteiger partial charge in [-0.2, -0.15) is 10.2 Å². The van der Waals surface area contributed by atoms with E-state index in [1.165, 1.54) is 46.4 Å². The van der Waals surface area contributed by atoms with Gasteiger partial charge in [-0.1, -0.05) is 51.3 Å². The molecule has 2 aliphatic heterocycles. The molecule has 3 unspecified atom stereocenters. The Labute approximate surface area is 398 Å². The largest absolute Gasteiger partial charge is 0.438 e. The molecule has 1 amide bonds. The molecule has 0 bridgehead atoms. The van der Waals surface area contributed by atoms with Crippen molar-refractivity contribution in [2.45, 2.75) is 117 Å². The molecule has 15 nitrogen and oxygen atoms in total. The highest BCUT2D eigenvalue weighted by molar-refractivity contribution is 5.98. The molecular weight excluding hydrogens is 883 g/mol. The number of rotatable bonds is 6. The highest BCUT2D eigenvalue weighted by Gasteiger charge is 2.37. The fourth-order valence-corrected chi connectivity index (χ4v) is 9.41. The Hall–Kier alpha value is -6.88. The number of fused-ring (bicyclic) bond motifs is 3. The van der Waals surface area contributed by atoms with Crippen LogP contribution in [0.25, 0.3) is 39.0 Å². The Kier molecular flexibility index (Phi) is 12.9. The van der Waals surface area contributed by atoms with Gasteiger partial charge in [0.05, 0.1) is 46.3 Å². The molecule has 0 spiro atoms. The van der Waals surface area contributed by atoms with E-state index < -0.39 is 17.3 Å². The van der Waals surface area contributed by atoms with Gasteiger partial charge in [0.15, 0.2) is 11.6 Å². The molecule has 8 aromatic rings. The summed E-state index contributed by atoms with van der Waals surface area (Å²) >= 11 is 0. The summed E-state index contributed by atoms with van der Waals surface area (Å²) in [5.74, 6) is 1.07. The maximum atomic E-state index is 15.8. The maximum Gasteiger partial charge on any atom is 0.438 e. The molecule has 2 N–H and O–H groups in total. The predicted octanol–water partition coefficient (Wildman–Crippen LogP) is 9.63. The van der Waals surface area contributed by atoms with E-state index >= 15 is 4.39 Å². The highest BCUT2D eigenvalue weighted by atomic mass is 19.1. The molecule has 17 heteroatoms. The van der Waals surface area contributed by atoms with Gasteiger partial charge >= 0.3 is 11.4 Å². The third-order valence-corrected chi connectivity index (χ3v) is 13.4. The maximum absolute atomic E-state index is 15.8. The van der Waals surface area contributed by atoms with Crippen LogP contribution in [0.2, 0.25) is 0 Å². The molecule has 3 fully saturated rings. The van der Waals surface area contributed by atoms with Crippen LogP contribution in [0.3, 0.4) is 0 Å². The summed E-state index contributed by atoms with van der Waals surface area (Å²) in [5, 5.41) is 14.0. The minimum absolute atomic E-state index is 0.0759. The molecule has 3 atom stereocenters. The third-order valence-electron chi connectivity index (χ3n) is 13.4. The van der Waals surface area contributed by atoms with Crippen molar-refractivity contribution in [1.29, 1.82) is 0 Å². The number of benzene rings is 3. The monoisotopic (exact) mass is 942 g/mol. The van der Waals surface area contributed by atoms with Crippen LogP contribution in [-0.2, 0) is 24.8 Å². The second-order valence-electron chi connectivity index (χ2n) is 19.1. The van der Waals surface area contributed by atoms with Gasteiger partial charge in [0.1, 0.15) is 17.3 Å². The van der Waals surface area contributed by atoms with Gasteiger partial charge in [-0.15, -0.1) is 0 Å². The summed E-state index contributed by atoms with van der Waals surface area (Å²) in [5.41, 5.74) is 5.38. The van der Waals surface area contributed by atoms with Crippen molar-refractivity contribution in [1.82, 2.24) is 48.7 Å². The summed E-state index contributed by atoms with van der Waals surface area (Å²) in [6, 6.07) is 14.9. The van der Waals surface area contributed by atoms with Gasteiger partial charge in [0.25, 0.3) is 5.91 Å². The van der Waals surface area contributed by atoms with Crippen molar-refractivity contribution in [3.63, 3.8) is 0 Å². The first-order chi connectivity index (χ1) is 33.1. The Bertz CT molecular complexity index is 3280. The SMILES string of the molecule is C1CC1.CC.CC1CC1c1noc(=O)[nH]1.Cc1cc(-n2nc3c(c2-n2ccn(-c4ccc5c(cnn5C)c4F)c2=O)CN(C(=O)c2cc4cc(C5CCOC(C)(C)C5)ccc4[nH]2)CC3)cc(C)c1F. The first-order valence-electron chi connectivity index (χ1n) is 24.0. The first kappa shape index (κ1) is 47.2. The summed E-state index contributed by atoms with van der Waals surface area (Å²) in [4.78, 5) is 46.5. The summed E-state index contributed by atoms with van der Waals surface area (Å²) in [6.07, 6.45) is 12.5. The molecule has 7 heterocycles. The van der Waals surface area contributed by atoms with Crippen molar-refractivity contribution in [2.24, 2.45) is 13.0 Å². The van der Waals surface area contributed by atoms with Crippen LogP contribution < -0.4 is 11.4 Å². The quantitative estimate of drug-likeness (QED) is 0.166. The Balaban J connectivity index is 0.000000337. The van der Waals surface area contributed by atoms with Crippen LogP contribution in [0.1, 0.15) is 129 Å². The predicted molar refractivity (Wildman–Crippen MR) is 260 cm³/mol. The number of aromatic nitrogens is 9. The number of carbonyl (C=O) groups is 1. The lowest BCUT2D eigenvalue weighted by molar-refractivity contribution is -0.0592. The van der Waals surface area contributed by atoms with E-state index in [1.807, 2.05) is 26.0 Å². The average Bonchev–Trinajstić information content (AvgIpc) is 4.09. The van der Waals surface area contributed by atoms with Crippen molar-refractivity contribution in [3.8, 4) is 17.2 Å². The third kappa shape index (κ3) is 9.48. The standard InChI is InChI=1S/C41H40F2N8O3.C6H8N2O2.C3H6.C2H6/c1-23-16-28(17-24(2)36(23)42)51-38(50-14-13-49(40(50)53)35-9-8-34-29(37(35)43)21-44-47(34)5)30-22-48(12-10-32(30)46-51)39(52)33-19-27-18-25(6-7-31(27)45-33)26-11-15-54-41(3,4)20-26;1-3-2-4(3)5-7-6(9)10-8-5;1-2-3-1;1-2/h6-9,13-14,16-19,21,26,45H,10-12,15,20,22H2,1-5H3;3-4H,2H2,1H3,(H,7,8,9);1-3H2;1-2H3. The number of hydrogen-bond donors (Lipinski definition) is 2. The summed E-state index contributed by atoms with van der Waals surface area (Å²) in [6.45, 7) is 15.0. The number of ether oxygens (including phenoxy) is 1.